The Morgan fingerprint density at radius 1 is 0.741 bits per heavy atom. The van der Waals surface area contributed by atoms with Crippen molar-refractivity contribution in [3.8, 4) is 23.0 Å². The highest BCUT2D eigenvalue weighted by molar-refractivity contribution is 5.58. The summed E-state index contributed by atoms with van der Waals surface area (Å²) in [5.74, 6) is 2.83. The van der Waals surface area contributed by atoms with Crippen molar-refractivity contribution in [3.05, 3.63) is 65.4 Å². The van der Waals surface area contributed by atoms with Gasteiger partial charge in [-0.25, -0.2) is 5.43 Å². The van der Waals surface area contributed by atoms with Gasteiger partial charge in [0, 0.05) is 5.70 Å². The van der Waals surface area contributed by atoms with Crippen molar-refractivity contribution in [2.75, 3.05) is 28.4 Å². The van der Waals surface area contributed by atoms with E-state index < -0.39 is 0 Å². The van der Waals surface area contributed by atoms with E-state index in [9.17, 15) is 0 Å². The summed E-state index contributed by atoms with van der Waals surface area (Å²) in [6, 6.07) is 11.7. The van der Waals surface area contributed by atoms with Gasteiger partial charge in [-0.3, -0.25) is 0 Å². The normalized spacial score (nSPS) is 16.0. The molecule has 6 heteroatoms. The molecule has 0 spiro atoms. The van der Waals surface area contributed by atoms with Gasteiger partial charge in [-0.05, 0) is 47.5 Å². The second-order valence-electron chi connectivity index (χ2n) is 5.93. The van der Waals surface area contributed by atoms with Crippen LogP contribution in [-0.2, 0) is 0 Å². The van der Waals surface area contributed by atoms with Crippen molar-refractivity contribution < 1.29 is 18.9 Å². The van der Waals surface area contributed by atoms with Crippen LogP contribution in [0.5, 0.6) is 23.0 Å². The first-order valence-corrected chi connectivity index (χ1v) is 8.54. The van der Waals surface area contributed by atoms with Crippen LogP contribution in [0.1, 0.15) is 17.2 Å². The molecule has 27 heavy (non-hydrogen) atoms. The van der Waals surface area contributed by atoms with Gasteiger partial charge in [0.2, 0.25) is 0 Å². The van der Waals surface area contributed by atoms with Crippen LogP contribution in [0.4, 0.5) is 0 Å². The highest BCUT2D eigenvalue weighted by Crippen LogP contribution is 2.32. The first kappa shape index (κ1) is 18.7. The molecule has 1 unspecified atom stereocenters. The number of hydrogen-bond acceptors (Lipinski definition) is 6. The van der Waals surface area contributed by atoms with E-state index in [-0.39, 0.29) is 6.04 Å². The molecule has 2 aromatic rings. The molecule has 0 saturated heterocycles. The van der Waals surface area contributed by atoms with E-state index in [2.05, 4.69) is 16.9 Å². The molecule has 1 aliphatic heterocycles. The zero-order valence-corrected chi connectivity index (χ0v) is 15.9. The molecule has 0 saturated carbocycles. The van der Waals surface area contributed by atoms with Gasteiger partial charge in [0.25, 0.3) is 0 Å². The van der Waals surface area contributed by atoms with E-state index in [1.165, 1.54) is 0 Å². The molecule has 2 N–H and O–H groups in total. The maximum absolute atomic E-state index is 5.38. The lowest BCUT2D eigenvalue weighted by molar-refractivity contribution is 0.354. The SMILES string of the molecule is COc1ccc(C=CC2=CC(c3ccc(OC)c(OC)c3)NN2)cc1OC. The zero-order chi connectivity index (χ0) is 19.2. The molecule has 0 radical (unpaired) electrons. The van der Waals surface area contributed by atoms with Gasteiger partial charge in [0.1, 0.15) is 0 Å². The number of rotatable bonds is 7. The molecule has 1 atom stereocenters. The van der Waals surface area contributed by atoms with Crippen LogP contribution in [0, 0.1) is 0 Å². The van der Waals surface area contributed by atoms with E-state index in [0.29, 0.717) is 23.0 Å². The number of nitrogens with one attached hydrogen (secondary N) is 2. The highest BCUT2D eigenvalue weighted by Gasteiger charge is 2.17. The third-order valence-corrected chi connectivity index (χ3v) is 4.35. The molecule has 0 bridgehead atoms. The molecule has 0 aromatic heterocycles. The summed E-state index contributed by atoms with van der Waals surface area (Å²) in [4.78, 5) is 0. The maximum atomic E-state index is 5.38. The summed E-state index contributed by atoms with van der Waals surface area (Å²) in [6.07, 6.45) is 6.13. The molecule has 1 aliphatic rings. The van der Waals surface area contributed by atoms with Crippen molar-refractivity contribution >= 4 is 6.08 Å². The lowest BCUT2D eigenvalue weighted by atomic mass is 10.1. The largest absolute Gasteiger partial charge is 0.493 e. The predicted molar refractivity (Wildman–Crippen MR) is 105 cm³/mol. The Balaban J connectivity index is 1.75. The van der Waals surface area contributed by atoms with Gasteiger partial charge >= 0.3 is 0 Å². The van der Waals surface area contributed by atoms with Crippen molar-refractivity contribution in [1.82, 2.24) is 10.9 Å². The Kier molecular flexibility index (Phi) is 5.88. The van der Waals surface area contributed by atoms with Crippen molar-refractivity contribution in [2.24, 2.45) is 0 Å². The second-order valence-corrected chi connectivity index (χ2v) is 5.93. The minimum atomic E-state index is 0.0369. The number of hydrazine groups is 1. The Morgan fingerprint density at radius 3 is 2.04 bits per heavy atom. The summed E-state index contributed by atoms with van der Waals surface area (Å²) in [5.41, 5.74) is 9.52. The van der Waals surface area contributed by atoms with Gasteiger partial charge in [-0.2, -0.15) is 0 Å². The first-order chi connectivity index (χ1) is 13.2. The lowest BCUT2D eigenvalue weighted by Crippen LogP contribution is -2.26. The number of methoxy groups -OCH3 is 4. The highest BCUT2D eigenvalue weighted by atomic mass is 16.5. The smallest absolute Gasteiger partial charge is 0.161 e. The number of ether oxygens (including phenoxy) is 4. The monoisotopic (exact) mass is 368 g/mol. The molecule has 0 aliphatic carbocycles. The van der Waals surface area contributed by atoms with Gasteiger partial charge in [-0.1, -0.05) is 18.2 Å². The third-order valence-electron chi connectivity index (χ3n) is 4.35. The maximum Gasteiger partial charge on any atom is 0.161 e. The lowest BCUT2D eigenvalue weighted by Gasteiger charge is -2.13. The molecule has 0 amide bonds. The van der Waals surface area contributed by atoms with E-state index in [0.717, 1.165) is 16.8 Å². The fourth-order valence-corrected chi connectivity index (χ4v) is 2.89. The minimum absolute atomic E-state index is 0.0369. The summed E-state index contributed by atoms with van der Waals surface area (Å²) in [5, 5.41) is 0. The van der Waals surface area contributed by atoms with Crippen molar-refractivity contribution in [2.45, 2.75) is 6.04 Å². The quantitative estimate of drug-likeness (QED) is 0.780. The van der Waals surface area contributed by atoms with Crippen LogP contribution < -0.4 is 29.8 Å². The Bertz CT molecular complexity index is 861. The van der Waals surface area contributed by atoms with E-state index >= 15 is 0 Å². The van der Waals surface area contributed by atoms with Crippen molar-refractivity contribution in [1.29, 1.82) is 0 Å². The van der Waals surface area contributed by atoms with Crippen LogP contribution in [0.15, 0.2) is 54.2 Å². The topological polar surface area (TPSA) is 61.0 Å². The van der Waals surface area contributed by atoms with Crippen LogP contribution >= 0.6 is 0 Å². The first-order valence-electron chi connectivity index (χ1n) is 8.54. The molecule has 3 rings (SSSR count). The summed E-state index contributed by atoms with van der Waals surface area (Å²) >= 11 is 0. The molecule has 2 aromatic carbocycles. The molecule has 6 nitrogen and oxygen atoms in total. The fraction of sp³-hybridized carbons (Fsp3) is 0.238. The van der Waals surface area contributed by atoms with Crippen LogP contribution in [0.2, 0.25) is 0 Å². The van der Waals surface area contributed by atoms with Crippen molar-refractivity contribution in [3.63, 3.8) is 0 Å². The molecule has 1 heterocycles. The molecular weight excluding hydrogens is 344 g/mol. The molecular formula is C21H24N2O4. The summed E-state index contributed by atoms with van der Waals surface area (Å²) in [7, 11) is 6.52. The van der Waals surface area contributed by atoms with Crippen LogP contribution in [0.25, 0.3) is 6.08 Å². The van der Waals surface area contributed by atoms with E-state index in [1.807, 2.05) is 48.6 Å². The van der Waals surface area contributed by atoms with Gasteiger partial charge < -0.3 is 24.4 Å². The van der Waals surface area contributed by atoms with Crippen LogP contribution in [-0.4, -0.2) is 28.4 Å². The van der Waals surface area contributed by atoms with E-state index in [1.54, 1.807) is 28.4 Å². The summed E-state index contributed by atoms with van der Waals surface area (Å²) in [6.45, 7) is 0. The van der Waals surface area contributed by atoms with Gasteiger partial charge in [0.05, 0.1) is 34.5 Å². The third kappa shape index (κ3) is 4.17. The minimum Gasteiger partial charge on any atom is -0.493 e. The molecule has 142 valence electrons. The van der Waals surface area contributed by atoms with Gasteiger partial charge in [-0.15, -0.1) is 0 Å². The van der Waals surface area contributed by atoms with Gasteiger partial charge in [0.15, 0.2) is 23.0 Å². The Labute approximate surface area is 159 Å². The number of hydrogen-bond donors (Lipinski definition) is 2. The zero-order valence-electron chi connectivity index (χ0n) is 15.9. The number of allylic oxidation sites excluding steroid dienone is 1. The van der Waals surface area contributed by atoms with Crippen LogP contribution in [0.3, 0.4) is 0 Å². The van der Waals surface area contributed by atoms with E-state index in [4.69, 9.17) is 18.9 Å². The molecule has 0 fully saturated rings. The number of benzene rings is 2. The average Bonchev–Trinajstić information content (AvgIpc) is 3.20. The summed E-state index contributed by atoms with van der Waals surface area (Å²) < 4.78 is 21.3. The second kappa shape index (κ2) is 8.51. The predicted octanol–water partition coefficient (Wildman–Crippen LogP) is 3.47. The Morgan fingerprint density at radius 2 is 1.37 bits per heavy atom. The fourth-order valence-electron chi connectivity index (χ4n) is 2.89. The standard InChI is InChI=1S/C21H24N2O4/c1-24-18-9-6-14(11-20(18)26-3)5-8-16-13-17(23-22-16)15-7-10-19(25-2)21(12-15)27-4/h5-13,17,22-23H,1-4H3. The average molecular weight is 368 g/mol. The Hall–Kier alpha value is -3.12.